The Kier molecular flexibility index (Phi) is 5.58. The normalized spacial score (nSPS) is 11.8. The lowest BCUT2D eigenvalue weighted by Crippen LogP contribution is -2.28. The van der Waals surface area contributed by atoms with Gasteiger partial charge in [-0.2, -0.15) is 0 Å². The summed E-state index contributed by atoms with van der Waals surface area (Å²) in [5.74, 6) is 1.24. The lowest BCUT2D eigenvalue weighted by atomic mass is 10.0. The molecule has 6 nitrogen and oxygen atoms in total. The van der Waals surface area contributed by atoms with Crippen LogP contribution in [-0.4, -0.2) is 28.0 Å². The highest BCUT2D eigenvalue weighted by atomic mass is 32.1. The molecular weight excluding hydrogens is 348 g/mol. The maximum atomic E-state index is 12.4. The van der Waals surface area contributed by atoms with E-state index in [1.54, 1.807) is 25.6 Å². The average Bonchev–Trinajstić information content (AvgIpc) is 3.10. The van der Waals surface area contributed by atoms with Crippen molar-refractivity contribution in [1.29, 1.82) is 0 Å². The second-order valence-corrected chi connectivity index (χ2v) is 6.79. The number of hydrogen-bond donors (Lipinski definition) is 1. The van der Waals surface area contributed by atoms with Crippen LogP contribution in [0.25, 0.3) is 10.8 Å². The van der Waals surface area contributed by atoms with E-state index in [0.29, 0.717) is 16.5 Å². The van der Waals surface area contributed by atoms with Crippen LogP contribution in [0.3, 0.4) is 0 Å². The van der Waals surface area contributed by atoms with Gasteiger partial charge in [-0.1, -0.05) is 17.7 Å². The van der Waals surface area contributed by atoms with Gasteiger partial charge >= 0.3 is 0 Å². The molecule has 1 amide bonds. The molecule has 0 saturated heterocycles. The van der Waals surface area contributed by atoms with Gasteiger partial charge < -0.3 is 10.1 Å². The van der Waals surface area contributed by atoms with Crippen molar-refractivity contribution < 1.29 is 9.53 Å². The van der Waals surface area contributed by atoms with Gasteiger partial charge in [-0.15, -0.1) is 11.3 Å². The Bertz CT molecular complexity index is 896. The molecule has 7 heteroatoms. The second kappa shape index (κ2) is 8.05. The Morgan fingerprint density at radius 2 is 2.08 bits per heavy atom. The van der Waals surface area contributed by atoms with E-state index in [4.69, 9.17) is 4.74 Å². The molecular formula is C19H20N4O2S. The van der Waals surface area contributed by atoms with E-state index in [1.165, 1.54) is 11.3 Å². The van der Waals surface area contributed by atoms with Gasteiger partial charge in [0.05, 0.1) is 25.3 Å². The molecule has 0 aliphatic carbocycles. The molecule has 0 bridgehead atoms. The molecule has 0 spiro atoms. The summed E-state index contributed by atoms with van der Waals surface area (Å²) in [6, 6.07) is 7.52. The van der Waals surface area contributed by atoms with Crippen LogP contribution in [0.15, 0.2) is 42.0 Å². The van der Waals surface area contributed by atoms with Crippen LogP contribution in [0.5, 0.6) is 5.75 Å². The number of nitrogens with one attached hydrogen (secondary N) is 1. The number of benzene rings is 1. The van der Waals surface area contributed by atoms with Gasteiger partial charge in [0, 0.05) is 23.3 Å². The van der Waals surface area contributed by atoms with Crippen molar-refractivity contribution in [3.05, 3.63) is 58.9 Å². The first-order chi connectivity index (χ1) is 12.6. The fourth-order valence-corrected chi connectivity index (χ4v) is 3.39. The number of carbonyl (C=O) groups is 1. The standard InChI is InChI=1S/C19H20N4O2S/c1-12-5-6-16(25-3)15(9-12)13(2)22-17(24)10-14-11-26-19(23-14)18-20-7-4-8-21-18/h4-9,11,13H,10H2,1-3H3,(H,22,24)/t13-/m0/s1. The van der Waals surface area contributed by atoms with Crippen LogP contribution < -0.4 is 10.1 Å². The molecule has 2 heterocycles. The number of amides is 1. The first-order valence-electron chi connectivity index (χ1n) is 8.22. The SMILES string of the molecule is COc1ccc(C)cc1[C@H](C)NC(=O)Cc1csc(-c2ncccn2)n1. The first kappa shape index (κ1) is 18.0. The molecule has 0 aliphatic heterocycles. The number of rotatable bonds is 6. The van der Waals surface area contributed by atoms with E-state index >= 15 is 0 Å². The molecule has 0 fully saturated rings. The third-order valence-electron chi connectivity index (χ3n) is 3.88. The predicted octanol–water partition coefficient (Wildman–Crippen LogP) is 3.34. The number of aryl methyl sites for hydroxylation is 1. The zero-order valence-electron chi connectivity index (χ0n) is 14.9. The lowest BCUT2D eigenvalue weighted by Gasteiger charge is -2.17. The topological polar surface area (TPSA) is 77.0 Å². The van der Waals surface area contributed by atoms with E-state index in [9.17, 15) is 4.79 Å². The largest absolute Gasteiger partial charge is 0.496 e. The van der Waals surface area contributed by atoms with E-state index in [1.807, 2.05) is 37.4 Å². The van der Waals surface area contributed by atoms with E-state index in [-0.39, 0.29) is 18.4 Å². The highest BCUT2D eigenvalue weighted by Gasteiger charge is 2.16. The van der Waals surface area contributed by atoms with Gasteiger partial charge in [0.25, 0.3) is 0 Å². The van der Waals surface area contributed by atoms with Crippen LogP contribution in [-0.2, 0) is 11.2 Å². The van der Waals surface area contributed by atoms with Crippen molar-refractivity contribution in [1.82, 2.24) is 20.3 Å². The molecule has 134 valence electrons. The summed E-state index contributed by atoms with van der Waals surface area (Å²) in [6.07, 6.45) is 3.56. The summed E-state index contributed by atoms with van der Waals surface area (Å²) in [6.45, 7) is 3.96. The number of thiazole rings is 1. The predicted molar refractivity (Wildman–Crippen MR) is 101 cm³/mol. The minimum Gasteiger partial charge on any atom is -0.496 e. The average molecular weight is 368 g/mol. The molecule has 3 aromatic rings. The molecule has 3 rings (SSSR count). The summed E-state index contributed by atoms with van der Waals surface area (Å²) in [4.78, 5) is 25.2. The van der Waals surface area contributed by atoms with Gasteiger partial charge in [-0.3, -0.25) is 4.79 Å². The third kappa shape index (κ3) is 4.23. The monoisotopic (exact) mass is 368 g/mol. The summed E-state index contributed by atoms with van der Waals surface area (Å²) in [5.41, 5.74) is 2.78. The van der Waals surface area contributed by atoms with Gasteiger partial charge in [-0.05, 0) is 26.0 Å². The summed E-state index contributed by atoms with van der Waals surface area (Å²) < 4.78 is 5.40. The molecule has 0 radical (unpaired) electrons. The van der Waals surface area contributed by atoms with Crippen molar-refractivity contribution in [3.8, 4) is 16.6 Å². The zero-order chi connectivity index (χ0) is 18.5. The Hall–Kier alpha value is -2.80. The number of ether oxygens (including phenoxy) is 1. The number of carbonyl (C=O) groups excluding carboxylic acids is 1. The summed E-state index contributed by atoms with van der Waals surface area (Å²) in [7, 11) is 1.63. The number of aromatic nitrogens is 3. The molecule has 0 aliphatic rings. The smallest absolute Gasteiger partial charge is 0.226 e. The highest BCUT2D eigenvalue weighted by Crippen LogP contribution is 2.26. The maximum Gasteiger partial charge on any atom is 0.226 e. The zero-order valence-corrected chi connectivity index (χ0v) is 15.7. The summed E-state index contributed by atoms with van der Waals surface area (Å²) in [5, 5.41) is 5.58. The maximum absolute atomic E-state index is 12.4. The minimum atomic E-state index is -0.159. The summed E-state index contributed by atoms with van der Waals surface area (Å²) >= 11 is 1.43. The molecule has 2 aromatic heterocycles. The van der Waals surface area contributed by atoms with Crippen LogP contribution in [0.2, 0.25) is 0 Å². The van der Waals surface area contributed by atoms with E-state index in [2.05, 4.69) is 20.3 Å². The number of methoxy groups -OCH3 is 1. The lowest BCUT2D eigenvalue weighted by molar-refractivity contribution is -0.121. The van der Waals surface area contributed by atoms with Crippen LogP contribution in [0, 0.1) is 6.92 Å². The van der Waals surface area contributed by atoms with Crippen LogP contribution in [0.1, 0.15) is 29.8 Å². The first-order valence-corrected chi connectivity index (χ1v) is 9.10. The van der Waals surface area contributed by atoms with E-state index in [0.717, 1.165) is 16.9 Å². The molecule has 26 heavy (non-hydrogen) atoms. The van der Waals surface area contributed by atoms with Crippen LogP contribution in [0.4, 0.5) is 0 Å². The van der Waals surface area contributed by atoms with E-state index < -0.39 is 0 Å². The molecule has 0 saturated carbocycles. The Morgan fingerprint density at radius 3 is 2.81 bits per heavy atom. The Balaban J connectivity index is 1.66. The minimum absolute atomic E-state index is 0.0908. The van der Waals surface area contributed by atoms with Gasteiger partial charge in [0.15, 0.2) is 10.8 Å². The Morgan fingerprint density at radius 1 is 1.31 bits per heavy atom. The second-order valence-electron chi connectivity index (χ2n) is 5.93. The van der Waals surface area contributed by atoms with Crippen molar-refractivity contribution in [2.75, 3.05) is 7.11 Å². The Labute approximate surface area is 156 Å². The van der Waals surface area contributed by atoms with Gasteiger partial charge in [-0.25, -0.2) is 15.0 Å². The van der Waals surface area contributed by atoms with Crippen LogP contribution >= 0.6 is 11.3 Å². The highest BCUT2D eigenvalue weighted by molar-refractivity contribution is 7.13. The number of hydrogen-bond acceptors (Lipinski definition) is 6. The molecule has 1 N–H and O–H groups in total. The fourth-order valence-electron chi connectivity index (χ4n) is 2.63. The van der Waals surface area contributed by atoms with Gasteiger partial charge in [0.1, 0.15) is 5.75 Å². The quantitative estimate of drug-likeness (QED) is 0.722. The fraction of sp³-hybridized carbons (Fsp3) is 0.263. The van der Waals surface area contributed by atoms with Crippen molar-refractivity contribution in [2.24, 2.45) is 0 Å². The molecule has 1 atom stereocenters. The van der Waals surface area contributed by atoms with Crippen molar-refractivity contribution in [2.45, 2.75) is 26.3 Å². The molecule has 0 unspecified atom stereocenters. The molecule has 1 aromatic carbocycles. The third-order valence-corrected chi connectivity index (χ3v) is 4.77. The van der Waals surface area contributed by atoms with Crippen molar-refractivity contribution in [3.63, 3.8) is 0 Å². The van der Waals surface area contributed by atoms with Crippen molar-refractivity contribution >= 4 is 17.2 Å². The number of nitrogens with zero attached hydrogens (tertiary/aromatic N) is 3. The van der Waals surface area contributed by atoms with Gasteiger partial charge in [0.2, 0.25) is 5.91 Å².